The lowest BCUT2D eigenvalue weighted by Gasteiger charge is -2.04. The Morgan fingerprint density at radius 2 is 1.92 bits per heavy atom. The molecule has 13 heavy (non-hydrogen) atoms. The van der Waals surface area contributed by atoms with Crippen LogP contribution in [0.25, 0.3) is 0 Å². The minimum Gasteiger partial charge on any atom is -0.497 e. The summed E-state index contributed by atoms with van der Waals surface area (Å²) in [6, 6.07) is 5.22. The Morgan fingerprint density at radius 1 is 1.23 bits per heavy atom. The number of hydrogen-bond donors (Lipinski definition) is 0. The van der Waals surface area contributed by atoms with Crippen LogP contribution in [0.1, 0.15) is 6.92 Å². The summed E-state index contributed by atoms with van der Waals surface area (Å²) in [5.41, 5.74) is 0. The van der Waals surface area contributed by atoms with Crippen molar-refractivity contribution in [3.05, 3.63) is 35.6 Å². The summed E-state index contributed by atoms with van der Waals surface area (Å²) in [5.74, 6) is 1.36. The lowest BCUT2D eigenvalue weighted by molar-refractivity contribution is 0.409. The van der Waals surface area contributed by atoms with E-state index in [1.54, 1.807) is 37.6 Å². The van der Waals surface area contributed by atoms with Crippen LogP contribution in [0.2, 0.25) is 5.02 Å². The first kappa shape index (κ1) is 9.93. The molecule has 0 radical (unpaired) electrons. The quantitative estimate of drug-likeness (QED) is 0.695. The average Bonchev–Trinajstić information content (AvgIpc) is 2.14. The number of ether oxygens (including phenoxy) is 2. The van der Waals surface area contributed by atoms with Gasteiger partial charge in [0.05, 0.1) is 13.4 Å². The Morgan fingerprint density at radius 3 is 2.54 bits per heavy atom. The van der Waals surface area contributed by atoms with E-state index in [2.05, 4.69) is 0 Å². The Hall–Kier alpha value is -1.15. The maximum absolute atomic E-state index is 5.82. The third kappa shape index (κ3) is 2.99. The molecule has 0 unspecified atom stereocenters. The molecule has 0 saturated heterocycles. The van der Waals surface area contributed by atoms with Crippen molar-refractivity contribution in [2.24, 2.45) is 0 Å². The van der Waals surface area contributed by atoms with Crippen molar-refractivity contribution in [1.82, 2.24) is 0 Å². The zero-order chi connectivity index (χ0) is 9.68. The minimum atomic E-state index is 0.596. The van der Waals surface area contributed by atoms with Crippen LogP contribution in [0.4, 0.5) is 0 Å². The van der Waals surface area contributed by atoms with Crippen molar-refractivity contribution in [3.63, 3.8) is 0 Å². The fourth-order valence-corrected chi connectivity index (χ4v) is 1.08. The number of rotatable bonds is 3. The largest absolute Gasteiger partial charge is 0.497 e. The van der Waals surface area contributed by atoms with Gasteiger partial charge in [-0.2, -0.15) is 0 Å². The van der Waals surface area contributed by atoms with Crippen molar-refractivity contribution >= 4 is 11.6 Å². The molecule has 1 rings (SSSR count). The molecular weight excluding hydrogens is 188 g/mol. The normalized spacial score (nSPS) is 10.4. The first-order valence-electron chi connectivity index (χ1n) is 3.88. The van der Waals surface area contributed by atoms with E-state index in [1.165, 1.54) is 0 Å². The van der Waals surface area contributed by atoms with E-state index >= 15 is 0 Å². The van der Waals surface area contributed by atoms with Crippen LogP contribution in [0.15, 0.2) is 30.5 Å². The average molecular weight is 199 g/mol. The highest BCUT2D eigenvalue weighted by molar-refractivity contribution is 6.30. The van der Waals surface area contributed by atoms with E-state index in [9.17, 15) is 0 Å². The highest BCUT2D eigenvalue weighted by Gasteiger charge is 1.98. The SMILES string of the molecule is C/C=C\Oc1cc(Cl)cc(OC)c1. The lowest BCUT2D eigenvalue weighted by atomic mass is 10.3. The van der Waals surface area contributed by atoms with E-state index in [0.29, 0.717) is 16.5 Å². The summed E-state index contributed by atoms with van der Waals surface area (Å²) in [7, 11) is 1.59. The van der Waals surface area contributed by atoms with Gasteiger partial charge < -0.3 is 9.47 Å². The van der Waals surface area contributed by atoms with Gasteiger partial charge in [0.2, 0.25) is 0 Å². The van der Waals surface area contributed by atoms with E-state index in [4.69, 9.17) is 21.1 Å². The van der Waals surface area contributed by atoms with Crippen molar-refractivity contribution in [2.75, 3.05) is 7.11 Å². The van der Waals surface area contributed by atoms with Crippen LogP contribution in [0.5, 0.6) is 11.5 Å². The zero-order valence-corrected chi connectivity index (χ0v) is 8.34. The van der Waals surface area contributed by atoms with Crippen molar-refractivity contribution in [2.45, 2.75) is 6.92 Å². The van der Waals surface area contributed by atoms with Crippen molar-refractivity contribution in [3.8, 4) is 11.5 Å². The van der Waals surface area contributed by atoms with Gasteiger partial charge in [-0.05, 0) is 19.1 Å². The molecule has 0 aliphatic carbocycles. The van der Waals surface area contributed by atoms with Crippen LogP contribution in [-0.4, -0.2) is 7.11 Å². The first-order valence-corrected chi connectivity index (χ1v) is 4.26. The molecule has 0 spiro atoms. The van der Waals surface area contributed by atoms with E-state index in [-0.39, 0.29) is 0 Å². The molecule has 2 nitrogen and oxygen atoms in total. The van der Waals surface area contributed by atoms with Gasteiger partial charge in [0, 0.05) is 11.1 Å². The van der Waals surface area contributed by atoms with E-state index in [1.807, 2.05) is 6.92 Å². The van der Waals surface area contributed by atoms with Gasteiger partial charge in [0.1, 0.15) is 11.5 Å². The number of halogens is 1. The van der Waals surface area contributed by atoms with Gasteiger partial charge in [-0.1, -0.05) is 17.7 Å². The van der Waals surface area contributed by atoms with Crippen LogP contribution in [0.3, 0.4) is 0 Å². The van der Waals surface area contributed by atoms with E-state index < -0.39 is 0 Å². The van der Waals surface area contributed by atoms with Gasteiger partial charge in [-0.25, -0.2) is 0 Å². The molecule has 1 aromatic carbocycles. The fraction of sp³-hybridized carbons (Fsp3) is 0.200. The number of benzene rings is 1. The lowest BCUT2D eigenvalue weighted by Crippen LogP contribution is -1.85. The smallest absolute Gasteiger partial charge is 0.131 e. The van der Waals surface area contributed by atoms with E-state index in [0.717, 1.165) is 0 Å². The molecule has 0 bridgehead atoms. The summed E-state index contributed by atoms with van der Waals surface area (Å²) < 4.78 is 10.3. The molecule has 0 atom stereocenters. The predicted molar refractivity (Wildman–Crippen MR) is 53.4 cm³/mol. The summed E-state index contributed by atoms with van der Waals surface area (Å²) >= 11 is 5.82. The molecule has 0 amide bonds. The molecule has 0 heterocycles. The maximum atomic E-state index is 5.82. The second-order valence-electron chi connectivity index (χ2n) is 2.41. The summed E-state index contributed by atoms with van der Waals surface area (Å²) in [6.07, 6.45) is 3.39. The molecule has 0 aromatic heterocycles. The van der Waals surface area contributed by atoms with Crippen molar-refractivity contribution in [1.29, 1.82) is 0 Å². The second kappa shape index (κ2) is 4.77. The maximum Gasteiger partial charge on any atom is 0.131 e. The summed E-state index contributed by atoms with van der Waals surface area (Å²) in [6.45, 7) is 1.88. The third-order valence-corrected chi connectivity index (χ3v) is 1.64. The summed E-state index contributed by atoms with van der Waals surface area (Å²) in [5, 5.41) is 0.596. The highest BCUT2D eigenvalue weighted by Crippen LogP contribution is 2.25. The number of allylic oxidation sites excluding steroid dienone is 1. The monoisotopic (exact) mass is 198 g/mol. The fourth-order valence-electron chi connectivity index (χ4n) is 0.870. The number of methoxy groups -OCH3 is 1. The first-order chi connectivity index (χ1) is 6.26. The van der Waals surface area contributed by atoms with Gasteiger partial charge in [-0.15, -0.1) is 0 Å². The van der Waals surface area contributed by atoms with Gasteiger partial charge >= 0.3 is 0 Å². The van der Waals surface area contributed by atoms with Gasteiger partial charge in [-0.3, -0.25) is 0 Å². The molecule has 3 heteroatoms. The third-order valence-electron chi connectivity index (χ3n) is 1.42. The standard InChI is InChI=1S/C10H11ClO2/c1-3-4-13-10-6-8(11)5-9(7-10)12-2/h3-7H,1-2H3/b4-3-. The van der Waals surface area contributed by atoms with Gasteiger partial charge in [0.25, 0.3) is 0 Å². The van der Waals surface area contributed by atoms with Crippen LogP contribution >= 0.6 is 11.6 Å². The molecule has 0 aliphatic heterocycles. The van der Waals surface area contributed by atoms with Crippen LogP contribution in [-0.2, 0) is 0 Å². The molecule has 0 fully saturated rings. The molecular formula is C10H11ClO2. The second-order valence-corrected chi connectivity index (χ2v) is 2.85. The van der Waals surface area contributed by atoms with Gasteiger partial charge in [0.15, 0.2) is 0 Å². The Balaban J connectivity index is 2.87. The Labute approximate surface area is 82.7 Å². The Kier molecular flexibility index (Phi) is 3.65. The molecule has 0 N–H and O–H groups in total. The molecule has 0 saturated carbocycles. The predicted octanol–water partition coefficient (Wildman–Crippen LogP) is 3.26. The molecule has 70 valence electrons. The molecule has 1 aromatic rings. The van der Waals surface area contributed by atoms with Crippen LogP contribution in [0, 0.1) is 0 Å². The summed E-state index contributed by atoms with van der Waals surface area (Å²) in [4.78, 5) is 0. The minimum absolute atomic E-state index is 0.596. The highest BCUT2D eigenvalue weighted by atomic mass is 35.5. The van der Waals surface area contributed by atoms with Crippen molar-refractivity contribution < 1.29 is 9.47 Å². The topological polar surface area (TPSA) is 18.5 Å². The zero-order valence-electron chi connectivity index (χ0n) is 7.58. The Bertz CT molecular complexity index is 308. The molecule has 0 aliphatic rings. The number of hydrogen-bond acceptors (Lipinski definition) is 2. The van der Waals surface area contributed by atoms with Crippen LogP contribution < -0.4 is 9.47 Å².